The van der Waals surface area contributed by atoms with Crippen LogP contribution in [-0.2, 0) is 14.3 Å². The number of anilines is 2. The van der Waals surface area contributed by atoms with E-state index in [0.29, 0.717) is 29.8 Å². The average molecular weight is 570 g/mol. The lowest BCUT2D eigenvalue weighted by atomic mass is 9.98. The molecule has 0 aliphatic carbocycles. The molecule has 0 radical (unpaired) electrons. The first-order chi connectivity index (χ1) is 18.7. The fraction of sp³-hybridized carbons (Fsp3) is 0.333. The summed E-state index contributed by atoms with van der Waals surface area (Å²) in [6, 6.07) is 21.1. The van der Waals surface area contributed by atoms with Gasteiger partial charge in [0.1, 0.15) is 0 Å². The molecule has 0 saturated carbocycles. The lowest BCUT2D eigenvalue weighted by Gasteiger charge is -2.36. The van der Waals surface area contributed by atoms with Crippen molar-refractivity contribution >= 4 is 46.4 Å². The molecule has 1 saturated heterocycles. The highest BCUT2D eigenvalue weighted by atomic mass is 35.5. The number of para-hydroxylation sites is 1. The summed E-state index contributed by atoms with van der Waals surface area (Å²) in [5.41, 5.74) is 4.55. The van der Waals surface area contributed by atoms with Crippen molar-refractivity contribution in [3.8, 4) is 11.1 Å². The van der Waals surface area contributed by atoms with Crippen molar-refractivity contribution in [1.29, 1.82) is 0 Å². The van der Waals surface area contributed by atoms with Crippen molar-refractivity contribution in [2.24, 2.45) is 0 Å². The molecule has 206 valence electrons. The fourth-order valence-corrected chi connectivity index (χ4v) is 4.99. The summed E-state index contributed by atoms with van der Waals surface area (Å²) < 4.78 is 5.54. The van der Waals surface area contributed by atoms with Gasteiger partial charge in [0.25, 0.3) is 0 Å². The minimum atomic E-state index is -0.155. The van der Waals surface area contributed by atoms with Crippen molar-refractivity contribution in [3.05, 3.63) is 82.3 Å². The molecule has 3 aromatic carbocycles. The molecule has 1 aliphatic rings. The van der Waals surface area contributed by atoms with Crippen LogP contribution in [0.5, 0.6) is 0 Å². The highest BCUT2D eigenvalue weighted by Crippen LogP contribution is 2.31. The highest BCUT2D eigenvalue weighted by molar-refractivity contribution is 6.42. The minimum Gasteiger partial charge on any atom is -0.379 e. The largest absolute Gasteiger partial charge is 0.379 e. The molecule has 0 bridgehead atoms. The number of morpholine rings is 1. The second kappa shape index (κ2) is 13.3. The third kappa shape index (κ3) is 7.51. The number of benzene rings is 3. The van der Waals surface area contributed by atoms with Crippen LogP contribution in [0.1, 0.15) is 18.5 Å². The Bertz CT molecular complexity index is 1300. The van der Waals surface area contributed by atoms with Crippen molar-refractivity contribution in [3.63, 3.8) is 0 Å². The molecule has 7 nitrogen and oxygen atoms in total. The van der Waals surface area contributed by atoms with Crippen LogP contribution in [0.3, 0.4) is 0 Å². The first kappa shape index (κ1) is 28.9. The van der Waals surface area contributed by atoms with Crippen molar-refractivity contribution in [1.82, 2.24) is 9.80 Å². The van der Waals surface area contributed by atoms with Crippen LogP contribution in [0.4, 0.5) is 11.4 Å². The third-order valence-electron chi connectivity index (χ3n) is 6.96. The molecule has 3 aromatic rings. The van der Waals surface area contributed by atoms with Gasteiger partial charge in [-0.15, -0.1) is 0 Å². The Hall–Kier alpha value is -3.10. The molecule has 9 heteroatoms. The van der Waals surface area contributed by atoms with Gasteiger partial charge in [0.05, 0.1) is 35.8 Å². The first-order valence-corrected chi connectivity index (χ1v) is 13.7. The van der Waals surface area contributed by atoms with Crippen LogP contribution in [0, 0.1) is 0 Å². The number of nitrogens with zero attached hydrogens (tertiary/aromatic N) is 3. The number of rotatable bonds is 9. The Morgan fingerprint density at radius 3 is 2.33 bits per heavy atom. The molecular weight excluding hydrogens is 535 g/mol. The number of carbonyl (C=O) groups excluding carboxylic acids is 2. The van der Waals surface area contributed by atoms with Crippen LogP contribution in [0.25, 0.3) is 11.1 Å². The van der Waals surface area contributed by atoms with Crippen LogP contribution >= 0.6 is 23.2 Å². The van der Waals surface area contributed by atoms with Gasteiger partial charge in [0, 0.05) is 57.6 Å². The maximum absolute atomic E-state index is 13.5. The average Bonchev–Trinajstić information content (AvgIpc) is 2.93. The quantitative estimate of drug-likeness (QED) is 0.364. The molecule has 1 heterocycles. The Labute approximate surface area is 240 Å². The number of ether oxygens (including phenoxy) is 1. The normalized spacial score (nSPS) is 14.5. The lowest BCUT2D eigenvalue weighted by Crippen LogP contribution is -2.45. The third-order valence-corrected chi connectivity index (χ3v) is 7.70. The van der Waals surface area contributed by atoms with E-state index < -0.39 is 0 Å². The molecule has 1 aliphatic heterocycles. The predicted octanol–water partition coefficient (Wildman–Crippen LogP) is 5.59. The Balaban J connectivity index is 1.56. The van der Waals surface area contributed by atoms with Gasteiger partial charge < -0.3 is 19.9 Å². The summed E-state index contributed by atoms with van der Waals surface area (Å²) in [6.07, 6.45) is 0. The van der Waals surface area contributed by atoms with Gasteiger partial charge in [-0.1, -0.05) is 65.7 Å². The van der Waals surface area contributed by atoms with Crippen LogP contribution in [0.15, 0.2) is 66.7 Å². The topological polar surface area (TPSA) is 65.1 Å². The molecule has 1 fully saturated rings. The Kier molecular flexibility index (Phi) is 9.86. The molecule has 39 heavy (non-hydrogen) atoms. The van der Waals surface area contributed by atoms with E-state index >= 15 is 0 Å². The van der Waals surface area contributed by atoms with Gasteiger partial charge in [-0.3, -0.25) is 14.5 Å². The second-order valence-electron chi connectivity index (χ2n) is 9.74. The first-order valence-electron chi connectivity index (χ1n) is 12.9. The fourth-order valence-electron chi connectivity index (χ4n) is 4.70. The molecule has 2 amide bonds. The summed E-state index contributed by atoms with van der Waals surface area (Å²) >= 11 is 12.3. The number of nitrogens with one attached hydrogen (secondary N) is 1. The molecular formula is C30H34Cl2N4O3. The summed E-state index contributed by atoms with van der Waals surface area (Å²) in [5, 5.41) is 3.83. The summed E-state index contributed by atoms with van der Waals surface area (Å²) in [6.45, 7) is 5.41. The zero-order valence-corrected chi connectivity index (χ0v) is 24.0. The van der Waals surface area contributed by atoms with Gasteiger partial charge in [-0.2, -0.15) is 0 Å². The van der Waals surface area contributed by atoms with E-state index in [1.165, 1.54) is 6.92 Å². The van der Waals surface area contributed by atoms with Gasteiger partial charge in [-0.25, -0.2) is 0 Å². The van der Waals surface area contributed by atoms with Gasteiger partial charge >= 0.3 is 0 Å². The SMILES string of the molecule is CC(=O)Nc1ccccc1-c1ccc(C(CN2CCOCC2)N(C)C(=O)CN(C)c2ccc(Cl)c(Cl)c2)cc1. The lowest BCUT2D eigenvalue weighted by molar-refractivity contribution is -0.131. The van der Waals surface area contributed by atoms with Crippen molar-refractivity contribution in [2.45, 2.75) is 13.0 Å². The number of amides is 2. The van der Waals surface area contributed by atoms with Crippen LogP contribution in [-0.4, -0.2) is 75.1 Å². The maximum atomic E-state index is 13.5. The van der Waals surface area contributed by atoms with E-state index in [9.17, 15) is 9.59 Å². The molecule has 1 N–H and O–H groups in total. The predicted molar refractivity (Wildman–Crippen MR) is 159 cm³/mol. The summed E-state index contributed by atoms with van der Waals surface area (Å²) in [7, 11) is 3.72. The minimum absolute atomic E-state index is 0.0121. The van der Waals surface area contributed by atoms with Crippen molar-refractivity contribution < 1.29 is 14.3 Å². The smallest absolute Gasteiger partial charge is 0.242 e. The number of likely N-dealkylation sites (N-methyl/N-ethyl adjacent to an activating group) is 2. The zero-order chi connectivity index (χ0) is 27.9. The highest BCUT2D eigenvalue weighted by Gasteiger charge is 2.26. The Morgan fingerprint density at radius 2 is 1.67 bits per heavy atom. The number of carbonyl (C=O) groups is 2. The number of hydrogen-bond acceptors (Lipinski definition) is 5. The van der Waals surface area contributed by atoms with Crippen molar-refractivity contribution in [2.75, 3.05) is 63.7 Å². The molecule has 1 atom stereocenters. The zero-order valence-electron chi connectivity index (χ0n) is 22.5. The molecule has 1 unspecified atom stereocenters. The van der Waals surface area contributed by atoms with E-state index in [-0.39, 0.29) is 24.4 Å². The summed E-state index contributed by atoms with van der Waals surface area (Å²) in [5.74, 6) is -0.127. The van der Waals surface area contributed by atoms with Crippen LogP contribution in [0.2, 0.25) is 10.0 Å². The number of halogens is 2. The van der Waals surface area contributed by atoms with E-state index in [0.717, 1.165) is 41.2 Å². The number of hydrogen-bond donors (Lipinski definition) is 1. The molecule has 0 spiro atoms. The van der Waals surface area contributed by atoms with Gasteiger partial charge in [0.15, 0.2) is 0 Å². The van der Waals surface area contributed by atoms with E-state index in [1.54, 1.807) is 12.1 Å². The van der Waals surface area contributed by atoms with Gasteiger partial charge in [-0.05, 0) is 35.4 Å². The monoisotopic (exact) mass is 568 g/mol. The van der Waals surface area contributed by atoms with E-state index in [2.05, 4.69) is 22.3 Å². The van der Waals surface area contributed by atoms with E-state index in [4.69, 9.17) is 27.9 Å². The van der Waals surface area contributed by atoms with Crippen LogP contribution < -0.4 is 10.2 Å². The van der Waals surface area contributed by atoms with E-state index in [1.807, 2.05) is 66.4 Å². The Morgan fingerprint density at radius 1 is 0.974 bits per heavy atom. The summed E-state index contributed by atoms with van der Waals surface area (Å²) in [4.78, 5) is 31.2. The maximum Gasteiger partial charge on any atom is 0.242 e. The molecule has 0 aromatic heterocycles. The molecule has 4 rings (SSSR count). The standard InChI is InChI=1S/C30H34Cl2N4O3/c1-21(37)33-28-7-5-4-6-25(28)22-8-10-23(11-9-22)29(19-36-14-16-39-17-15-36)35(3)30(38)20-34(2)24-12-13-26(31)27(32)18-24/h4-13,18,29H,14-17,19-20H2,1-3H3,(H,33,37). The second-order valence-corrected chi connectivity index (χ2v) is 10.6. The van der Waals surface area contributed by atoms with Gasteiger partial charge in [0.2, 0.25) is 11.8 Å².